The molecule has 1 amide bonds. The zero-order valence-corrected chi connectivity index (χ0v) is 11.2. The van der Waals surface area contributed by atoms with Crippen molar-refractivity contribution in [1.29, 1.82) is 0 Å². The molecule has 0 fully saturated rings. The Bertz CT molecular complexity index is 379. The van der Waals surface area contributed by atoms with Crippen molar-refractivity contribution in [2.24, 2.45) is 0 Å². The fraction of sp³-hybridized carbons (Fsp3) is 0.500. The van der Waals surface area contributed by atoms with E-state index >= 15 is 0 Å². The van der Waals surface area contributed by atoms with Crippen LogP contribution in [0.1, 0.15) is 19.4 Å². The van der Waals surface area contributed by atoms with Gasteiger partial charge in [-0.2, -0.15) is 0 Å². The smallest absolute Gasteiger partial charge is 0.260 e. The molecule has 0 heterocycles. The summed E-state index contributed by atoms with van der Waals surface area (Å²) < 4.78 is 10.5. The highest BCUT2D eigenvalue weighted by atomic mass is 16.5. The number of amides is 1. The monoisotopic (exact) mass is 251 g/mol. The van der Waals surface area contributed by atoms with E-state index < -0.39 is 6.10 Å². The second-order valence-corrected chi connectivity index (χ2v) is 4.01. The maximum atomic E-state index is 11.7. The molecule has 4 nitrogen and oxygen atoms in total. The van der Waals surface area contributed by atoms with Crippen molar-refractivity contribution < 1.29 is 14.3 Å². The van der Waals surface area contributed by atoms with E-state index in [1.165, 1.54) is 0 Å². The second-order valence-electron chi connectivity index (χ2n) is 4.01. The number of ether oxygens (including phenoxy) is 2. The molecular formula is C14H21NO3. The van der Waals surface area contributed by atoms with Gasteiger partial charge in [0.15, 0.2) is 6.10 Å². The summed E-state index contributed by atoms with van der Waals surface area (Å²) >= 11 is 0. The van der Waals surface area contributed by atoms with Crippen LogP contribution in [0.2, 0.25) is 0 Å². The first-order valence-corrected chi connectivity index (χ1v) is 6.20. The summed E-state index contributed by atoms with van der Waals surface area (Å²) in [7, 11) is 1.60. The Balaban J connectivity index is 2.52. The number of carbonyl (C=O) groups is 1. The van der Waals surface area contributed by atoms with Crippen LogP contribution in [0.5, 0.6) is 5.75 Å². The molecule has 0 aliphatic carbocycles. The number of rotatable bonds is 7. The third kappa shape index (κ3) is 4.37. The van der Waals surface area contributed by atoms with Crippen LogP contribution in [-0.4, -0.2) is 32.3 Å². The van der Waals surface area contributed by atoms with E-state index in [0.717, 1.165) is 17.7 Å². The van der Waals surface area contributed by atoms with Gasteiger partial charge >= 0.3 is 0 Å². The van der Waals surface area contributed by atoms with Gasteiger partial charge in [0, 0.05) is 13.7 Å². The predicted molar refractivity (Wildman–Crippen MR) is 70.8 cm³/mol. The molecule has 0 radical (unpaired) electrons. The summed E-state index contributed by atoms with van der Waals surface area (Å²) in [6.07, 6.45) is 0.378. The van der Waals surface area contributed by atoms with Crippen LogP contribution in [0.25, 0.3) is 0 Å². The van der Waals surface area contributed by atoms with E-state index in [0.29, 0.717) is 13.2 Å². The molecule has 1 atom stereocenters. The van der Waals surface area contributed by atoms with Crippen molar-refractivity contribution in [2.75, 3.05) is 20.3 Å². The lowest BCUT2D eigenvalue weighted by Gasteiger charge is -2.16. The third-order valence-electron chi connectivity index (χ3n) is 2.63. The van der Waals surface area contributed by atoms with E-state index in [-0.39, 0.29) is 5.91 Å². The summed E-state index contributed by atoms with van der Waals surface area (Å²) in [6, 6.07) is 7.77. The van der Waals surface area contributed by atoms with Crippen molar-refractivity contribution in [3.8, 4) is 5.75 Å². The summed E-state index contributed by atoms with van der Waals surface area (Å²) in [5.74, 6) is 0.646. The van der Waals surface area contributed by atoms with Gasteiger partial charge in [0.1, 0.15) is 5.75 Å². The molecule has 100 valence electrons. The number of hydrogen-bond acceptors (Lipinski definition) is 3. The van der Waals surface area contributed by atoms with Gasteiger partial charge in [-0.3, -0.25) is 4.79 Å². The predicted octanol–water partition coefficient (Wildman–Crippen LogP) is 1.78. The minimum Gasteiger partial charge on any atom is -0.481 e. The normalized spacial score (nSPS) is 11.9. The Morgan fingerprint density at radius 2 is 2.11 bits per heavy atom. The standard InChI is InChI=1S/C14H21NO3/c1-4-12-7-5-6-8-13(12)18-11(2)14(16)15-9-10-17-3/h5-8,11H,4,9-10H2,1-3H3,(H,15,16)/t11-/m1/s1. The molecule has 18 heavy (non-hydrogen) atoms. The first-order chi connectivity index (χ1) is 8.69. The molecule has 0 unspecified atom stereocenters. The fourth-order valence-electron chi connectivity index (χ4n) is 1.57. The fourth-order valence-corrected chi connectivity index (χ4v) is 1.57. The number of carbonyl (C=O) groups excluding carboxylic acids is 1. The Morgan fingerprint density at radius 1 is 1.39 bits per heavy atom. The Morgan fingerprint density at radius 3 is 2.78 bits per heavy atom. The molecule has 0 bridgehead atoms. The van der Waals surface area contributed by atoms with Crippen molar-refractivity contribution in [3.63, 3.8) is 0 Å². The maximum absolute atomic E-state index is 11.7. The molecule has 1 rings (SSSR count). The highest BCUT2D eigenvalue weighted by Gasteiger charge is 2.15. The van der Waals surface area contributed by atoms with Crippen LogP contribution in [0.15, 0.2) is 24.3 Å². The van der Waals surface area contributed by atoms with Crippen molar-refractivity contribution in [2.45, 2.75) is 26.4 Å². The number of para-hydroxylation sites is 1. The van der Waals surface area contributed by atoms with Crippen LogP contribution in [-0.2, 0) is 16.0 Å². The van der Waals surface area contributed by atoms with Crippen LogP contribution in [0.4, 0.5) is 0 Å². The molecule has 4 heteroatoms. The number of nitrogens with one attached hydrogen (secondary N) is 1. The van der Waals surface area contributed by atoms with E-state index in [1.54, 1.807) is 14.0 Å². The zero-order chi connectivity index (χ0) is 13.4. The number of aryl methyl sites for hydroxylation is 1. The Kier molecular flexibility index (Phi) is 6.22. The molecule has 0 saturated heterocycles. The minimum atomic E-state index is -0.505. The van der Waals surface area contributed by atoms with E-state index in [2.05, 4.69) is 12.2 Å². The van der Waals surface area contributed by atoms with Gasteiger partial charge in [-0.15, -0.1) is 0 Å². The van der Waals surface area contributed by atoms with E-state index in [4.69, 9.17) is 9.47 Å². The molecule has 1 N–H and O–H groups in total. The molecular weight excluding hydrogens is 230 g/mol. The number of methoxy groups -OCH3 is 1. The van der Waals surface area contributed by atoms with Gasteiger partial charge in [-0.1, -0.05) is 25.1 Å². The highest BCUT2D eigenvalue weighted by molar-refractivity contribution is 5.80. The lowest BCUT2D eigenvalue weighted by atomic mass is 10.1. The average Bonchev–Trinajstić information content (AvgIpc) is 2.39. The first kappa shape index (κ1) is 14.5. The van der Waals surface area contributed by atoms with Crippen LogP contribution in [0.3, 0.4) is 0 Å². The lowest BCUT2D eigenvalue weighted by molar-refractivity contribution is -0.127. The average molecular weight is 251 g/mol. The topological polar surface area (TPSA) is 47.6 Å². The number of hydrogen-bond donors (Lipinski definition) is 1. The SMILES string of the molecule is CCc1ccccc1O[C@H](C)C(=O)NCCOC. The summed E-state index contributed by atoms with van der Waals surface area (Å²) in [4.78, 5) is 11.7. The lowest BCUT2D eigenvalue weighted by Crippen LogP contribution is -2.38. The Labute approximate surface area is 108 Å². The van der Waals surface area contributed by atoms with Gasteiger partial charge in [0.05, 0.1) is 6.61 Å². The summed E-state index contributed by atoms with van der Waals surface area (Å²) in [6.45, 7) is 4.81. The summed E-state index contributed by atoms with van der Waals surface area (Å²) in [5, 5.41) is 2.75. The maximum Gasteiger partial charge on any atom is 0.260 e. The first-order valence-electron chi connectivity index (χ1n) is 6.20. The van der Waals surface area contributed by atoms with Crippen molar-refractivity contribution in [3.05, 3.63) is 29.8 Å². The largest absolute Gasteiger partial charge is 0.481 e. The molecule has 0 aliphatic heterocycles. The van der Waals surface area contributed by atoms with Gasteiger partial charge in [-0.05, 0) is 25.0 Å². The van der Waals surface area contributed by atoms with E-state index in [9.17, 15) is 4.79 Å². The second kappa shape index (κ2) is 7.71. The molecule has 0 aromatic heterocycles. The van der Waals surface area contributed by atoms with Crippen LogP contribution >= 0.6 is 0 Å². The third-order valence-corrected chi connectivity index (χ3v) is 2.63. The van der Waals surface area contributed by atoms with Gasteiger partial charge in [0.2, 0.25) is 0 Å². The number of benzene rings is 1. The van der Waals surface area contributed by atoms with Crippen molar-refractivity contribution >= 4 is 5.91 Å². The highest BCUT2D eigenvalue weighted by Crippen LogP contribution is 2.19. The van der Waals surface area contributed by atoms with Crippen molar-refractivity contribution in [1.82, 2.24) is 5.32 Å². The molecule has 1 aromatic carbocycles. The molecule has 0 aliphatic rings. The van der Waals surface area contributed by atoms with Gasteiger partial charge in [0.25, 0.3) is 5.91 Å². The quantitative estimate of drug-likeness (QED) is 0.751. The molecule has 0 saturated carbocycles. The molecule has 0 spiro atoms. The van der Waals surface area contributed by atoms with Crippen LogP contribution < -0.4 is 10.1 Å². The van der Waals surface area contributed by atoms with Gasteiger partial charge in [-0.25, -0.2) is 0 Å². The summed E-state index contributed by atoms with van der Waals surface area (Å²) in [5.41, 5.74) is 1.11. The van der Waals surface area contributed by atoms with Crippen LogP contribution in [0, 0.1) is 0 Å². The molecule has 1 aromatic rings. The zero-order valence-electron chi connectivity index (χ0n) is 11.2. The minimum absolute atomic E-state index is 0.127. The van der Waals surface area contributed by atoms with E-state index in [1.807, 2.05) is 24.3 Å². The Hall–Kier alpha value is -1.55. The van der Waals surface area contributed by atoms with Gasteiger partial charge < -0.3 is 14.8 Å².